The van der Waals surface area contributed by atoms with Crippen molar-refractivity contribution in [2.24, 2.45) is 0 Å². The van der Waals surface area contributed by atoms with Crippen LogP contribution in [0.3, 0.4) is 0 Å². The lowest BCUT2D eigenvalue weighted by Crippen LogP contribution is -2.07. The van der Waals surface area contributed by atoms with E-state index in [1.807, 2.05) is 55.5 Å². The number of hydrogen-bond acceptors (Lipinski definition) is 4. The lowest BCUT2D eigenvalue weighted by molar-refractivity contribution is -0.136. The van der Waals surface area contributed by atoms with Gasteiger partial charge in [0, 0.05) is 4.47 Å². The van der Waals surface area contributed by atoms with Crippen LogP contribution in [0.1, 0.15) is 135 Å². The van der Waals surface area contributed by atoms with Crippen LogP contribution in [0, 0.1) is 0 Å². The average molecular weight is 644 g/mol. The number of rotatable bonds is 24. The van der Waals surface area contributed by atoms with E-state index in [1.165, 1.54) is 89.9 Å². The van der Waals surface area contributed by atoms with Crippen molar-refractivity contribution in [1.29, 1.82) is 0 Å². The number of carbonyl (C=O) groups excluding carboxylic acids is 1. The van der Waals surface area contributed by atoms with E-state index in [4.69, 9.17) is 14.2 Å². The van der Waals surface area contributed by atoms with Crippen LogP contribution in [0.15, 0.2) is 46.9 Å². The van der Waals surface area contributed by atoms with Gasteiger partial charge in [-0.25, -0.2) is 4.79 Å². The van der Waals surface area contributed by atoms with Gasteiger partial charge in [-0.1, -0.05) is 138 Å². The van der Waals surface area contributed by atoms with E-state index >= 15 is 0 Å². The second kappa shape index (κ2) is 23.2. The maximum absolute atomic E-state index is 12.9. The van der Waals surface area contributed by atoms with Gasteiger partial charge in [0.05, 0.1) is 25.4 Å². The Labute approximate surface area is 264 Å². The monoisotopic (exact) mass is 642 g/mol. The van der Waals surface area contributed by atoms with Gasteiger partial charge in [0.1, 0.15) is 0 Å². The Bertz CT molecular complexity index is 1030. The summed E-state index contributed by atoms with van der Waals surface area (Å²) in [5.74, 6) is 1.17. The number of ether oxygens (including phenoxy) is 3. The molecule has 5 heteroatoms. The first kappa shape index (κ1) is 35.9. The van der Waals surface area contributed by atoms with Crippen molar-refractivity contribution >= 4 is 33.5 Å². The van der Waals surface area contributed by atoms with Crippen LogP contribution in [-0.4, -0.2) is 25.8 Å². The quantitative estimate of drug-likeness (QED) is 0.0494. The zero-order chi connectivity index (χ0) is 30.3. The van der Waals surface area contributed by atoms with Gasteiger partial charge in [0.15, 0.2) is 11.5 Å². The fourth-order valence-corrected chi connectivity index (χ4v) is 5.37. The minimum Gasteiger partial charge on any atom is -0.490 e. The number of unbranched alkanes of at least 4 members (excludes halogenated alkanes) is 14. The van der Waals surface area contributed by atoms with Crippen molar-refractivity contribution in [2.45, 2.75) is 124 Å². The topological polar surface area (TPSA) is 44.8 Å². The molecule has 2 rings (SSSR count). The van der Waals surface area contributed by atoms with Crippen molar-refractivity contribution in [3.05, 3.63) is 58.1 Å². The second-order valence-corrected chi connectivity index (χ2v) is 12.1. The summed E-state index contributed by atoms with van der Waals surface area (Å²) >= 11 is 3.52. The lowest BCUT2D eigenvalue weighted by Gasteiger charge is -2.14. The minimum absolute atomic E-state index is 0.322. The first-order valence-corrected chi connectivity index (χ1v) is 17.4. The smallest absolute Gasteiger partial charge is 0.338 e. The summed E-state index contributed by atoms with van der Waals surface area (Å²) in [6.45, 7) is 8.01. The van der Waals surface area contributed by atoms with Gasteiger partial charge < -0.3 is 14.2 Å². The van der Waals surface area contributed by atoms with Crippen LogP contribution in [-0.2, 0) is 9.53 Å². The van der Waals surface area contributed by atoms with E-state index in [2.05, 4.69) is 29.8 Å². The van der Waals surface area contributed by atoms with Crippen LogP contribution >= 0.6 is 15.9 Å². The number of hydrogen-bond donors (Lipinski definition) is 0. The van der Waals surface area contributed by atoms with Crippen molar-refractivity contribution < 1.29 is 19.0 Å². The fourth-order valence-electron chi connectivity index (χ4n) is 4.97. The molecule has 0 radical (unpaired) electrons. The van der Waals surface area contributed by atoms with Crippen LogP contribution in [0.5, 0.6) is 11.5 Å². The maximum Gasteiger partial charge on any atom is 0.338 e. The number of halogens is 1. The van der Waals surface area contributed by atoms with Gasteiger partial charge in [0.25, 0.3) is 0 Å². The molecule has 0 saturated carbocycles. The highest BCUT2D eigenvalue weighted by Gasteiger charge is 2.15. The molecule has 0 aromatic heterocycles. The number of benzene rings is 2. The summed E-state index contributed by atoms with van der Waals surface area (Å²) in [7, 11) is 0. The lowest BCUT2D eigenvalue weighted by atomic mass is 10.0. The first-order chi connectivity index (χ1) is 20.6. The third kappa shape index (κ3) is 15.3. The molecule has 0 amide bonds. The van der Waals surface area contributed by atoms with E-state index in [-0.39, 0.29) is 5.97 Å². The second-order valence-electron chi connectivity index (χ2n) is 11.1. The molecule has 234 valence electrons. The van der Waals surface area contributed by atoms with Gasteiger partial charge in [-0.3, -0.25) is 0 Å². The molecular weight excluding hydrogens is 588 g/mol. The summed E-state index contributed by atoms with van der Waals surface area (Å²) in [4.78, 5) is 12.9. The van der Waals surface area contributed by atoms with Gasteiger partial charge in [0.2, 0.25) is 0 Å². The zero-order valence-electron chi connectivity index (χ0n) is 26.6. The van der Waals surface area contributed by atoms with E-state index in [9.17, 15) is 4.79 Å². The number of esters is 1. The Balaban J connectivity index is 2.07. The van der Waals surface area contributed by atoms with Gasteiger partial charge in [-0.2, -0.15) is 0 Å². The molecular formula is C37H55BrO4. The molecule has 0 saturated heterocycles. The molecule has 4 nitrogen and oxygen atoms in total. The van der Waals surface area contributed by atoms with E-state index in [0.717, 1.165) is 39.9 Å². The Morgan fingerprint density at radius 2 is 1.21 bits per heavy atom. The van der Waals surface area contributed by atoms with Crippen molar-refractivity contribution in [1.82, 2.24) is 0 Å². The highest BCUT2D eigenvalue weighted by Crippen LogP contribution is 2.32. The molecule has 2 aromatic rings. The van der Waals surface area contributed by atoms with Crippen LogP contribution in [0.2, 0.25) is 0 Å². The van der Waals surface area contributed by atoms with Gasteiger partial charge in [-0.05, 0) is 61.2 Å². The third-order valence-corrected chi connectivity index (χ3v) is 7.91. The standard InChI is InChI=1S/C37H55BrO4/c1-4-7-9-11-13-15-17-19-26-41-35-25-24-31(29-36(35)42-27-20-18-16-14-12-10-8-5-2)28-34(37(39)40-6-3)32-22-21-23-33(38)30-32/h21-25,28-30H,4-20,26-27H2,1-3H3. The van der Waals surface area contributed by atoms with Crippen molar-refractivity contribution in [3.8, 4) is 11.5 Å². The molecule has 42 heavy (non-hydrogen) atoms. The van der Waals surface area contributed by atoms with Crippen molar-refractivity contribution in [3.63, 3.8) is 0 Å². The maximum atomic E-state index is 12.9. The van der Waals surface area contributed by atoms with E-state index in [1.54, 1.807) is 0 Å². The van der Waals surface area contributed by atoms with Crippen molar-refractivity contribution in [2.75, 3.05) is 19.8 Å². The molecule has 0 spiro atoms. The largest absolute Gasteiger partial charge is 0.490 e. The molecule has 0 fully saturated rings. The van der Waals surface area contributed by atoms with Crippen LogP contribution in [0.25, 0.3) is 11.6 Å². The molecule has 0 atom stereocenters. The Hall–Kier alpha value is -2.27. The Morgan fingerprint density at radius 3 is 1.76 bits per heavy atom. The van der Waals surface area contributed by atoms with Gasteiger partial charge >= 0.3 is 5.97 Å². The summed E-state index contributed by atoms with van der Waals surface area (Å²) in [5, 5.41) is 0. The molecule has 0 heterocycles. The van der Waals surface area contributed by atoms with Crippen LogP contribution in [0.4, 0.5) is 0 Å². The number of carbonyl (C=O) groups is 1. The predicted octanol–water partition coefficient (Wildman–Crippen LogP) is 11.6. The van der Waals surface area contributed by atoms with Gasteiger partial charge in [-0.15, -0.1) is 0 Å². The molecule has 0 aliphatic rings. The molecule has 0 aliphatic carbocycles. The minimum atomic E-state index is -0.341. The molecule has 0 bridgehead atoms. The van der Waals surface area contributed by atoms with Crippen LogP contribution < -0.4 is 9.47 Å². The summed E-state index contributed by atoms with van der Waals surface area (Å²) in [6.07, 6.45) is 22.1. The third-order valence-electron chi connectivity index (χ3n) is 7.42. The first-order valence-electron chi connectivity index (χ1n) is 16.6. The molecule has 2 aromatic carbocycles. The van der Waals surface area contributed by atoms with E-state index in [0.29, 0.717) is 25.4 Å². The SMILES string of the molecule is CCCCCCCCCCOc1ccc(C=C(C(=O)OCC)c2cccc(Br)c2)cc1OCCCCCCCCCC. The summed E-state index contributed by atoms with van der Waals surface area (Å²) in [5.41, 5.74) is 2.20. The summed E-state index contributed by atoms with van der Waals surface area (Å²) in [6, 6.07) is 13.7. The Kier molecular flexibility index (Phi) is 19.9. The summed E-state index contributed by atoms with van der Waals surface area (Å²) < 4.78 is 18.8. The molecule has 0 aliphatic heterocycles. The average Bonchev–Trinajstić information content (AvgIpc) is 2.99. The highest BCUT2D eigenvalue weighted by molar-refractivity contribution is 9.10. The normalized spacial score (nSPS) is 11.5. The Morgan fingerprint density at radius 1 is 0.667 bits per heavy atom. The molecule has 0 N–H and O–H groups in total. The highest BCUT2D eigenvalue weighted by atomic mass is 79.9. The molecule has 0 unspecified atom stereocenters. The van der Waals surface area contributed by atoms with E-state index < -0.39 is 0 Å². The fraction of sp³-hybridized carbons (Fsp3) is 0.595. The predicted molar refractivity (Wildman–Crippen MR) is 181 cm³/mol. The zero-order valence-corrected chi connectivity index (χ0v) is 28.2.